The van der Waals surface area contributed by atoms with Crippen LogP contribution in [0, 0.1) is 12.8 Å². The van der Waals surface area contributed by atoms with Gasteiger partial charge in [-0.3, -0.25) is 33.8 Å². The average Bonchev–Trinajstić information content (AvgIpc) is 3.17. The predicted octanol–water partition coefficient (Wildman–Crippen LogP) is -3.77. The van der Waals surface area contributed by atoms with Crippen LogP contribution in [0.25, 0.3) is 0 Å². The van der Waals surface area contributed by atoms with Crippen molar-refractivity contribution < 1.29 is 62.4 Å². The van der Waals surface area contributed by atoms with E-state index in [-0.39, 0.29) is 68.4 Å². The van der Waals surface area contributed by atoms with E-state index in [0.717, 1.165) is 5.56 Å². The summed E-state index contributed by atoms with van der Waals surface area (Å²) in [4.78, 5) is 93.2. The molecule has 60 heavy (non-hydrogen) atoms. The van der Waals surface area contributed by atoms with E-state index in [1.165, 1.54) is 12.1 Å². The number of benzene rings is 1. The lowest BCUT2D eigenvalue weighted by Gasteiger charge is -2.27. The van der Waals surface area contributed by atoms with E-state index in [0.29, 0.717) is 0 Å². The molecule has 0 heterocycles. The van der Waals surface area contributed by atoms with Gasteiger partial charge in [0.1, 0.15) is 36.3 Å². The number of aryl methyl sites for hydroxylation is 1. The SMILES string of the molecule is Cc1ccc(S(=O)(=O)NCCCC[C@H](NC(=O)[C@H](CO)NC(=O)[C@H](CCCN=C(N)N)NC(=O)[C@H](CC(C)C)NC(=O)[C@@H](N)CO)C(=O)N[C@@H](CCC(=O)O)C(=O)O)cc1. The van der Waals surface area contributed by atoms with Gasteiger partial charge < -0.3 is 64.2 Å². The highest BCUT2D eigenvalue weighted by molar-refractivity contribution is 7.89. The minimum absolute atomic E-state index is 0.0243. The van der Waals surface area contributed by atoms with Crippen molar-refractivity contribution in [1.82, 2.24) is 31.3 Å². The number of carboxylic acids is 2. The largest absolute Gasteiger partial charge is 0.481 e. The summed E-state index contributed by atoms with van der Waals surface area (Å²) in [7, 11) is -3.88. The van der Waals surface area contributed by atoms with Gasteiger partial charge in [0.05, 0.1) is 18.1 Å². The number of hydrogen-bond donors (Lipinski definition) is 13. The van der Waals surface area contributed by atoms with Crippen molar-refractivity contribution in [2.45, 2.75) is 113 Å². The van der Waals surface area contributed by atoms with Gasteiger partial charge in [0, 0.05) is 19.5 Å². The molecule has 0 spiro atoms. The molecule has 1 aromatic carbocycles. The Morgan fingerprint density at radius 3 is 1.68 bits per heavy atom. The van der Waals surface area contributed by atoms with Gasteiger partial charge in [-0.1, -0.05) is 31.5 Å². The van der Waals surface area contributed by atoms with Crippen molar-refractivity contribution >= 4 is 57.5 Å². The van der Waals surface area contributed by atoms with Crippen LogP contribution in [-0.4, -0.2) is 139 Å². The Bertz CT molecular complexity index is 1740. The second-order valence-corrected chi connectivity index (χ2v) is 16.1. The van der Waals surface area contributed by atoms with Crippen molar-refractivity contribution in [1.29, 1.82) is 0 Å². The molecule has 0 saturated heterocycles. The fraction of sp³-hybridized carbons (Fsp3) is 0.611. The quantitative estimate of drug-likeness (QED) is 0.0209. The Morgan fingerprint density at radius 1 is 0.683 bits per heavy atom. The molecule has 0 bridgehead atoms. The number of hydrogen-bond acceptors (Lipinski definition) is 13. The van der Waals surface area contributed by atoms with E-state index in [2.05, 4.69) is 36.3 Å². The Morgan fingerprint density at radius 2 is 1.18 bits per heavy atom. The van der Waals surface area contributed by atoms with Gasteiger partial charge in [-0.15, -0.1) is 0 Å². The fourth-order valence-corrected chi connectivity index (χ4v) is 6.47. The molecule has 0 aliphatic carbocycles. The Balaban J connectivity index is 3.27. The van der Waals surface area contributed by atoms with E-state index >= 15 is 0 Å². The first-order chi connectivity index (χ1) is 28.1. The third-order valence-corrected chi connectivity index (χ3v) is 10.2. The minimum atomic E-state index is -3.88. The molecule has 0 aliphatic rings. The molecule has 16 N–H and O–H groups in total. The standard InChI is InChI=1S/C36H60N10O13S/c1-20(2)17-27(45-30(51)23(37)18-47)33(54)42-25(8-6-15-40-36(38)39)32(53)46-28(19-48)34(55)43-24(31(52)44-26(35(56)57)13-14-29(49)50)7-4-5-16-41-60(58,59)22-11-9-21(3)10-12-22/h9-12,20,23-28,41,47-48H,4-8,13-19,37H2,1-3H3,(H,42,54)(H,43,55)(H,44,52)(H,45,51)(H,46,53)(H,49,50)(H,56,57)(H4,38,39,40)/t23-,24-,25-,26-,27-,28-/m0/s1. The van der Waals surface area contributed by atoms with Gasteiger partial charge in [0.2, 0.25) is 39.6 Å². The van der Waals surface area contributed by atoms with Crippen LogP contribution in [0.2, 0.25) is 0 Å². The van der Waals surface area contributed by atoms with Gasteiger partial charge >= 0.3 is 11.9 Å². The number of aliphatic hydroxyl groups is 2. The highest BCUT2D eigenvalue weighted by Gasteiger charge is 2.33. The first-order valence-electron chi connectivity index (χ1n) is 19.2. The molecule has 1 rings (SSSR count). The Labute approximate surface area is 348 Å². The van der Waals surface area contributed by atoms with E-state index in [4.69, 9.17) is 22.3 Å². The van der Waals surface area contributed by atoms with E-state index in [1.807, 2.05) is 0 Å². The number of aliphatic hydroxyl groups excluding tert-OH is 2. The summed E-state index contributed by atoms with van der Waals surface area (Å²) in [6.07, 6.45) is -0.986. The summed E-state index contributed by atoms with van der Waals surface area (Å²) >= 11 is 0. The molecule has 24 heteroatoms. The minimum Gasteiger partial charge on any atom is -0.481 e. The molecule has 0 radical (unpaired) electrons. The summed E-state index contributed by atoms with van der Waals surface area (Å²) in [5.74, 6) is -8.05. The van der Waals surface area contributed by atoms with Crippen LogP contribution >= 0.6 is 0 Å². The predicted molar refractivity (Wildman–Crippen MR) is 216 cm³/mol. The lowest BCUT2D eigenvalue weighted by Crippen LogP contribution is -2.60. The van der Waals surface area contributed by atoms with E-state index < -0.39 is 114 Å². The molecule has 0 saturated carbocycles. The summed E-state index contributed by atoms with van der Waals surface area (Å²) in [6, 6.07) is -2.79. The Hall–Kier alpha value is -5.43. The van der Waals surface area contributed by atoms with Crippen molar-refractivity contribution in [3.8, 4) is 0 Å². The van der Waals surface area contributed by atoms with Gasteiger partial charge in [-0.2, -0.15) is 0 Å². The van der Waals surface area contributed by atoms with Gasteiger partial charge in [0.15, 0.2) is 5.96 Å². The smallest absolute Gasteiger partial charge is 0.326 e. The first kappa shape index (κ1) is 52.6. The summed E-state index contributed by atoms with van der Waals surface area (Å²) in [5.41, 5.74) is 17.2. The number of unbranched alkanes of at least 4 members (excludes halogenated alkanes) is 1. The second kappa shape index (κ2) is 26.6. The number of amides is 5. The maximum absolute atomic E-state index is 13.6. The van der Waals surface area contributed by atoms with Crippen molar-refractivity contribution in [2.75, 3.05) is 26.3 Å². The van der Waals surface area contributed by atoms with Crippen molar-refractivity contribution in [2.24, 2.45) is 28.1 Å². The summed E-state index contributed by atoms with van der Waals surface area (Å²) in [6.45, 7) is 3.53. The molecule has 0 aromatic heterocycles. The van der Waals surface area contributed by atoms with Crippen molar-refractivity contribution in [3.63, 3.8) is 0 Å². The molecule has 0 unspecified atom stereocenters. The third kappa shape index (κ3) is 20.0. The number of guanidine groups is 1. The zero-order chi connectivity index (χ0) is 45.6. The number of nitrogens with two attached hydrogens (primary N) is 3. The molecular formula is C36H60N10O13S. The molecule has 0 fully saturated rings. The summed E-state index contributed by atoms with van der Waals surface area (Å²) < 4.78 is 27.8. The monoisotopic (exact) mass is 872 g/mol. The topological polar surface area (TPSA) is 397 Å². The van der Waals surface area contributed by atoms with Crippen LogP contribution in [0.1, 0.15) is 70.8 Å². The van der Waals surface area contributed by atoms with E-state index in [1.54, 1.807) is 32.9 Å². The van der Waals surface area contributed by atoms with Gasteiger partial charge in [-0.25, -0.2) is 17.9 Å². The third-order valence-electron chi connectivity index (χ3n) is 8.70. The number of sulfonamides is 1. The number of rotatable bonds is 29. The average molecular weight is 873 g/mol. The van der Waals surface area contributed by atoms with E-state index in [9.17, 15) is 57.3 Å². The second-order valence-electron chi connectivity index (χ2n) is 14.3. The molecular weight excluding hydrogens is 813 g/mol. The molecule has 23 nitrogen and oxygen atoms in total. The van der Waals surface area contributed by atoms with Crippen LogP contribution in [-0.2, 0) is 43.6 Å². The zero-order valence-electron chi connectivity index (χ0n) is 33.9. The lowest BCUT2D eigenvalue weighted by atomic mass is 10.0. The number of carbonyl (C=O) groups excluding carboxylic acids is 5. The molecule has 6 atom stereocenters. The molecule has 338 valence electrons. The van der Waals surface area contributed by atoms with Gasteiger partial charge in [-0.05, 0) is 69.9 Å². The first-order valence-corrected chi connectivity index (χ1v) is 20.7. The van der Waals surface area contributed by atoms with Crippen LogP contribution < -0.4 is 48.5 Å². The molecule has 0 aliphatic heterocycles. The number of nitrogens with zero attached hydrogens (tertiary/aromatic N) is 1. The normalized spacial score (nSPS) is 14.3. The maximum Gasteiger partial charge on any atom is 0.326 e. The maximum atomic E-state index is 13.6. The number of carboxylic acid groups (broad SMARTS) is 2. The lowest BCUT2D eigenvalue weighted by molar-refractivity contribution is -0.143. The highest BCUT2D eigenvalue weighted by Crippen LogP contribution is 2.12. The van der Waals surface area contributed by atoms with Crippen LogP contribution in [0.15, 0.2) is 34.2 Å². The number of aliphatic imine (C=N–C) groups is 1. The molecule has 5 amide bonds. The van der Waals surface area contributed by atoms with Crippen LogP contribution in [0.5, 0.6) is 0 Å². The zero-order valence-corrected chi connectivity index (χ0v) is 34.7. The Kier molecular flexibility index (Phi) is 23.3. The van der Waals surface area contributed by atoms with Crippen LogP contribution in [0.4, 0.5) is 0 Å². The fourth-order valence-electron chi connectivity index (χ4n) is 5.40. The molecule has 1 aromatic rings. The number of carbonyl (C=O) groups is 7. The van der Waals surface area contributed by atoms with Crippen LogP contribution in [0.3, 0.4) is 0 Å². The van der Waals surface area contributed by atoms with Crippen molar-refractivity contribution in [3.05, 3.63) is 29.8 Å². The number of aliphatic carboxylic acids is 2. The highest BCUT2D eigenvalue weighted by atomic mass is 32.2. The summed E-state index contributed by atoms with van der Waals surface area (Å²) in [5, 5.41) is 49.9. The number of nitrogens with one attached hydrogen (secondary N) is 6. The van der Waals surface area contributed by atoms with Gasteiger partial charge in [0.25, 0.3) is 0 Å².